The summed E-state index contributed by atoms with van der Waals surface area (Å²) in [4.78, 5) is 23.6. The minimum absolute atomic E-state index is 0.0292. The van der Waals surface area contributed by atoms with Gasteiger partial charge in [-0.15, -0.1) is 0 Å². The van der Waals surface area contributed by atoms with E-state index in [9.17, 15) is 18.0 Å². The molecule has 2 aromatic rings. The Morgan fingerprint density at radius 2 is 2.00 bits per heavy atom. The zero-order valence-corrected chi connectivity index (χ0v) is 15.0. The Hall–Kier alpha value is -2.85. The Kier molecular flexibility index (Phi) is 6.36. The van der Waals surface area contributed by atoms with Crippen molar-refractivity contribution in [3.8, 4) is 5.75 Å². The molecule has 0 aliphatic rings. The van der Waals surface area contributed by atoms with E-state index in [1.807, 2.05) is 0 Å². The number of amides is 1. The fraction of sp³-hybridized carbons (Fsp3) is 0.250. The van der Waals surface area contributed by atoms with Crippen LogP contribution in [-0.4, -0.2) is 41.1 Å². The minimum atomic E-state index is -3.83. The van der Waals surface area contributed by atoms with Gasteiger partial charge >= 0.3 is 5.97 Å². The van der Waals surface area contributed by atoms with Crippen LogP contribution in [-0.2, 0) is 26.1 Å². The third-order valence-electron chi connectivity index (χ3n) is 3.33. The third kappa shape index (κ3) is 4.83. The number of benzene rings is 1. The summed E-state index contributed by atoms with van der Waals surface area (Å²) in [5.74, 6) is -0.728. The number of nitrogens with one attached hydrogen (secondary N) is 2. The number of esters is 1. The lowest BCUT2D eigenvalue weighted by Gasteiger charge is -2.11. The number of carbonyl (C=O) groups excluding carboxylic acids is 2. The smallest absolute Gasteiger partial charge is 0.338 e. The van der Waals surface area contributed by atoms with Crippen molar-refractivity contribution in [2.24, 2.45) is 0 Å². The minimum Gasteiger partial charge on any atom is -0.495 e. The van der Waals surface area contributed by atoms with Crippen LogP contribution in [0.5, 0.6) is 5.75 Å². The Morgan fingerprint density at radius 3 is 2.62 bits per heavy atom. The van der Waals surface area contributed by atoms with Gasteiger partial charge < -0.3 is 19.2 Å². The van der Waals surface area contributed by atoms with Gasteiger partial charge in [0.15, 0.2) is 6.61 Å². The van der Waals surface area contributed by atoms with Crippen molar-refractivity contribution >= 4 is 21.9 Å². The molecule has 0 fully saturated rings. The molecule has 0 bridgehead atoms. The summed E-state index contributed by atoms with van der Waals surface area (Å²) in [6.45, 7) is -0.351. The van der Waals surface area contributed by atoms with Crippen LogP contribution >= 0.6 is 0 Å². The van der Waals surface area contributed by atoms with E-state index in [2.05, 4.69) is 10.0 Å². The maximum absolute atomic E-state index is 12.1. The fourth-order valence-corrected chi connectivity index (χ4v) is 2.91. The predicted molar refractivity (Wildman–Crippen MR) is 90.1 cm³/mol. The van der Waals surface area contributed by atoms with Crippen molar-refractivity contribution in [3.05, 3.63) is 47.9 Å². The van der Waals surface area contributed by atoms with Gasteiger partial charge in [-0.1, -0.05) is 0 Å². The second-order valence-electron chi connectivity index (χ2n) is 5.01. The van der Waals surface area contributed by atoms with E-state index in [1.165, 1.54) is 32.6 Å². The van der Waals surface area contributed by atoms with Crippen LogP contribution in [0.25, 0.3) is 0 Å². The van der Waals surface area contributed by atoms with Crippen molar-refractivity contribution in [1.82, 2.24) is 10.0 Å². The van der Waals surface area contributed by atoms with E-state index in [-0.39, 0.29) is 22.8 Å². The van der Waals surface area contributed by atoms with Crippen molar-refractivity contribution in [1.29, 1.82) is 0 Å². The van der Waals surface area contributed by atoms with Crippen LogP contribution in [0.1, 0.15) is 16.1 Å². The Morgan fingerprint density at radius 1 is 1.23 bits per heavy atom. The number of carbonyl (C=O) groups is 2. The molecule has 140 valence electrons. The predicted octanol–water partition coefficient (Wildman–Crippen LogP) is 0.670. The van der Waals surface area contributed by atoms with E-state index in [4.69, 9.17) is 13.9 Å². The number of furan rings is 1. The van der Waals surface area contributed by atoms with Gasteiger partial charge in [0.1, 0.15) is 16.4 Å². The van der Waals surface area contributed by atoms with Crippen molar-refractivity contribution < 1.29 is 31.9 Å². The lowest BCUT2D eigenvalue weighted by atomic mass is 10.2. The molecule has 1 aromatic carbocycles. The Balaban J connectivity index is 2.00. The lowest BCUT2D eigenvalue weighted by Crippen LogP contribution is -2.28. The molecule has 2 N–H and O–H groups in total. The molecule has 10 heteroatoms. The van der Waals surface area contributed by atoms with E-state index >= 15 is 0 Å². The molecule has 0 aliphatic carbocycles. The average molecular weight is 382 g/mol. The molecule has 9 nitrogen and oxygen atoms in total. The molecule has 0 atom stereocenters. The number of ether oxygens (including phenoxy) is 2. The first-order chi connectivity index (χ1) is 12.4. The SMILES string of the molecule is CNS(=O)(=O)c1cc(C(=O)OCC(=O)NCc2ccco2)ccc1OC. The van der Waals surface area contributed by atoms with Gasteiger partial charge in [-0.2, -0.15) is 0 Å². The van der Waals surface area contributed by atoms with Crippen LogP contribution in [0.15, 0.2) is 45.9 Å². The number of rotatable bonds is 8. The van der Waals surface area contributed by atoms with Crippen LogP contribution in [0.2, 0.25) is 0 Å². The summed E-state index contributed by atoms with van der Waals surface area (Å²) in [6.07, 6.45) is 1.47. The molecule has 1 aromatic heterocycles. The zero-order valence-electron chi connectivity index (χ0n) is 14.1. The van der Waals surface area contributed by atoms with Crippen LogP contribution in [0, 0.1) is 0 Å². The largest absolute Gasteiger partial charge is 0.495 e. The van der Waals surface area contributed by atoms with Crippen molar-refractivity contribution in [2.45, 2.75) is 11.4 Å². The monoisotopic (exact) mass is 382 g/mol. The molecule has 0 spiro atoms. The Bertz CT molecular complexity index is 876. The molecule has 0 aliphatic heterocycles. The van der Waals surface area contributed by atoms with Gasteiger partial charge in [0.2, 0.25) is 10.0 Å². The molecule has 0 saturated heterocycles. The normalized spacial score (nSPS) is 11.0. The highest BCUT2D eigenvalue weighted by Crippen LogP contribution is 2.24. The fourth-order valence-electron chi connectivity index (χ4n) is 1.99. The van der Waals surface area contributed by atoms with Gasteiger partial charge in [-0.05, 0) is 37.4 Å². The van der Waals surface area contributed by atoms with E-state index in [1.54, 1.807) is 12.1 Å². The van der Waals surface area contributed by atoms with Crippen LogP contribution in [0.4, 0.5) is 0 Å². The van der Waals surface area contributed by atoms with E-state index in [0.29, 0.717) is 5.76 Å². The third-order valence-corrected chi connectivity index (χ3v) is 4.77. The number of hydrogen-bond donors (Lipinski definition) is 2. The summed E-state index contributed by atoms with van der Waals surface area (Å²) < 4.78 is 41.1. The first-order valence-electron chi connectivity index (χ1n) is 7.45. The number of methoxy groups -OCH3 is 1. The lowest BCUT2D eigenvalue weighted by molar-refractivity contribution is -0.124. The van der Waals surface area contributed by atoms with Gasteiger partial charge in [-0.25, -0.2) is 17.9 Å². The van der Waals surface area contributed by atoms with Crippen molar-refractivity contribution in [3.63, 3.8) is 0 Å². The maximum atomic E-state index is 12.1. The van der Waals surface area contributed by atoms with Crippen LogP contribution < -0.4 is 14.8 Å². The standard InChI is InChI=1S/C16H18N2O7S/c1-17-26(21,22)14-8-11(5-6-13(14)23-2)16(20)25-10-15(19)18-9-12-4-3-7-24-12/h3-8,17H,9-10H2,1-2H3,(H,18,19). The molecule has 2 rings (SSSR count). The highest BCUT2D eigenvalue weighted by molar-refractivity contribution is 7.89. The molecular weight excluding hydrogens is 364 g/mol. The first kappa shape index (κ1) is 19.5. The highest BCUT2D eigenvalue weighted by atomic mass is 32.2. The summed E-state index contributed by atoms with van der Waals surface area (Å²) in [5, 5.41) is 2.52. The van der Waals surface area contributed by atoms with Gasteiger partial charge in [0, 0.05) is 0 Å². The van der Waals surface area contributed by atoms with Crippen molar-refractivity contribution in [2.75, 3.05) is 20.8 Å². The zero-order chi connectivity index (χ0) is 19.2. The topological polar surface area (TPSA) is 124 Å². The molecular formula is C16H18N2O7S. The number of hydrogen-bond acceptors (Lipinski definition) is 7. The summed E-state index contributed by atoms with van der Waals surface area (Å²) in [6, 6.07) is 7.16. The average Bonchev–Trinajstić information content (AvgIpc) is 3.17. The second-order valence-corrected chi connectivity index (χ2v) is 6.86. The number of sulfonamides is 1. The summed E-state index contributed by atoms with van der Waals surface area (Å²) in [7, 11) is -1.28. The van der Waals surface area contributed by atoms with Crippen LogP contribution in [0.3, 0.4) is 0 Å². The molecule has 0 saturated carbocycles. The molecule has 0 radical (unpaired) electrons. The van der Waals surface area contributed by atoms with Gasteiger partial charge in [-0.3, -0.25) is 4.79 Å². The van der Waals surface area contributed by atoms with Gasteiger partial charge in [0.25, 0.3) is 5.91 Å². The van der Waals surface area contributed by atoms with Gasteiger partial charge in [0.05, 0.1) is 25.5 Å². The molecule has 26 heavy (non-hydrogen) atoms. The summed E-state index contributed by atoms with van der Waals surface area (Å²) >= 11 is 0. The maximum Gasteiger partial charge on any atom is 0.338 e. The second kappa shape index (κ2) is 8.50. The highest BCUT2D eigenvalue weighted by Gasteiger charge is 2.21. The summed E-state index contributed by atoms with van der Waals surface area (Å²) in [5.41, 5.74) is -0.0292. The first-order valence-corrected chi connectivity index (χ1v) is 8.93. The molecule has 1 heterocycles. The van der Waals surface area contributed by atoms with E-state index in [0.717, 1.165) is 6.07 Å². The Labute approximate surface area is 150 Å². The molecule has 0 unspecified atom stereocenters. The quantitative estimate of drug-likeness (QED) is 0.643. The molecule has 1 amide bonds. The van der Waals surface area contributed by atoms with E-state index < -0.39 is 28.5 Å².